The number of nitrogens with one attached hydrogen (secondary N) is 2. The summed E-state index contributed by atoms with van der Waals surface area (Å²) < 4.78 is 42.0. The third kappa shape index (κ3) is 7.71. The van der Waals surface area contributed by atoms with Crippen molar-refractivity contribution in [2.24, 2.45) is 23.7 Å². The van der Waals surface area contributed by atoms with Crippen LogP contribution in [0.4, 0.5) is 0 Å². The maximum atomic E-state index is 14.9. The van der Waals surface area contributed by atoms with Crippen molar-refractivity contribution in [1.82, 2.24) is 24.5 Å². The standard InChI is InChI=1S/C41H53N5O9S/c1-2-27-23-41(27,39(51)44-56(52,53)29-18-19-29)43-36(48)33-21-28-24-46(33)38(50)31(25-11-5-6-12-25)22-35(47)55-34-17-10-14-26(34)13-4-3-9-20-45-37(49)30-15-7-8-16-32(30)42-40(45)54-28/h2,7-8,15-16,25-29,31,33-34H,1,3-6,9-14,17-24H2,(H,43,48)(H,44,51)/t26-,27-,28-,31+,33+,34-,41-/m1/s1. The molecule has 3 amide bonds. The van der Waals surface area contributed by atoms with Crippen molar-refractivity contribution >= 4 is 44.6 Å². The number of amides is 3. The summed E-state index contributed by atoms with van der Waals surface area (Å²) in [4.78, 5) is 76.8. The van der Waals surface area contributed by atoms with E-state index in [0.29, 0.717) is 36.7 Å². The van der Waals surface area contributed by atoms with Gasteiger partial charge < -0.3 is 19.7 Å². The summed E-state index contributed by atoms with van der Waals surface area (Å²) in [6.07, 6.45) is 11.1. The van der Waals surface area contributed by atoms with E-state index in [1.165, 1.54) is 11.0 Å². The Morgan fingerprint density at radius 1 is 0.911 bits per heavy atom. The number of carbonyl (C=O) groups is 4. The Hall–Kier alpha value is -4.27. The van der Waals surface area contributed by atoms with Gasteiger partial charge in [-0.25, -0.2) is 8.42 Å². The fourth-order valence-corrected chi connectivity index (χ4v) is 11.1. The first-order valence-corrected chi connectivity index (χ1v) is 22.2. The third-order valence-electron chi connectivity index (χ3n) is 13.2. The predicted molar refractivity (Wildman–Crippen MR) is 206 cm³/mol. The molecule has 56 heavy (non-hydrogen) atoms. The number of nitrogens with zero attached hydrogens (tertiary/aromatic N) is 3. The van der Waals surface area contributed by atoms with Crippen LogP contribution in [0.25, 0.3) is 10.9 Å². The molecule has 5 fully saturated rings. The molecule has 2 N–H and O–H groups in total. The van der Waals surface area contributed by atoms with Crippen LogP contribution in [0, 0.1) is 23.7 Å². The number of carbonyl (C=O) groups excluding carboxylic acids is 4. The first-order chi connectivity index (χ1) is 27.0. The Bertz CT molecular complexity index is 2060. The molecule has 14 nitrogen and oxygen atoms in total. The van der Waals surface area contributed by atoms with E-state index in [1.54, 1.807) is 28.8 Å². The topological polar surface area (TPSA) is 183 Å². The van der Waals surface area contributed by atoms with Gasteiger partial charge in [-0.3, -0.25) is 33.3 Å². The maximum Gasteiger partial charge on any atom is 0.306 e. The van der Waals surface area contributed by atoms with E-state index in [-0.39, 0.29) is 61.2 Å². The molecule has 7 atom stereocenters. The number of ether oxygens (including phenoxy) is 2. The van der Waals surface area contributed by atoms with E-state index in [4.69, 9.17) is 14.5 Å². The zero-order valence-electron chi connectivity index (χ0n) is 31.9. The highest BCUT2D eigenvalue weighted by Crippen LogP contribution is 2.46. The number of benzene rings is 1. The molecule has 1 aromatic carbocycles. The summed E-state index contributed by atoms with van der Waals surface area (Å²) in [6, 6.07) is 6.06. The van der Waals surface area contributed by atoms with Crippen LogP contribution in [-0.4, -0.2) is 82.1 Å². The quantitative estimate of drug-likeness (QED) is 0.308. The van der Waals surface area contributed by atoms with Gasteiger partial charge >= 0.3 is 5.97 Å². The fourth-order valence-electron chi connectivity index (χ4n) is 9.74. The van der Waals surface area contributed by atoms with Crippen LogP contribution < -0.4 is 20.3 Å². The number of aromatic nitrogens is 2. The van der Waals surface area contributed by atoms with Crippen molar-refractivity contribution in [3.8, 4) is 6.01 Å². The maximum absolute atomic E-state index is 14.9. The van der Waals surface area contributed by atoms with Crippen LogP contribution >= 0.6 is 0 Å². The van der Waals surface area contributed by atoms with Gasteiger partial charge in [-0.2, -0.15) is 4.98 Å². The second kappa shape index (κ2) is 15.6. The number of hydrogen-bond donors (Lipinski definition) is 2. The number of esters is 1. The Balaban J connectivity index is 1.13. The van der Waals surface area contributed by atoms with Gasteiger partial charge in [-0.15, -0.1) is 6.58 Å². The average molecular weight is 792 g/mol. The minimum atomic E-state index is -3.90. The monoisotopic (exact) mass is 791 g/mol. The van der Waals surface area contributed by atoms with Crippen molar-refractivity contribution in [2.75, 3.05) is 6.54 Å². The molecule has 15 heteroatoms. The zero-order valence-corrected chi connectivity index (χ0v) is 32.7. The van der Waals surface area contributed by atoms with E-state index in [9.17, 15) is 32.4 Å². The SMILES string of the molecule is C=C[C@@H]1C[C@]1(NC(=O)[C@@H]1C[C@@H]2CN1C(=O)[C@H](C1CCCC1)CC(=O)O[C@@H]1CCC[C@H]1CCCCCn1c(nc3ccccc3c1=O)O2)C(=O)NS(=O)(=O)C1CC1. The smallest absolute Gasteiger partial charge is 0.306 e. The number of para-hydroxylation sites is 1. The van der Waals surface area contributed by atoms with Crippen molar-refractivity contribution in [3.63, 3.8) is 0 Å². The van der Waals surface area contributed by atoms with Crippen molar-refractivity contribution in [1.29, 1.82) is 0 Å². The summed E-state index contributed by atoms with van der Waals surface area (Å²) in [7, 11) is -3.90. The Labute approximate surface area is 327 Å². The summed E-state index contributed by atoms with van der Waals surface area (Å²) in [6.45, 7) is 4.14. The van der Waals surface area contributed by atoms with Crippen LogP contribution in [0.3, 0.4) is 0 Å². The van der Waals surface area contributed by atoms with Gasteiger partial charge in [-0.1, -0.05) is 43.9 Å². The predicted octanol–water partition coefficient (Wildman–Crippen LogP) is 3.90. The van der Waals surface area contributed by atoms with Crippen LogP contribution in [-0.2, 0) is 40.5 Å². The molecule has 2 bridgehead atoms. The lowest BCUT2D eigenvalue weighted by atomic mass is 9.86. The third-order valence-corrected chi connectivity index (χ3v) is 15.0. The summed E-state index contributed by atoms with van der Waals surface area (Å²) in [5.41, 5.74) is -1.31. The van der Waals surface area contributed by atoms with Crippen molar-refractivity contribution in [2.45, 2.75) is 138 Å². The number of fused-ring (bicyclic) bond motifs is 5. The Kier molecular flexibility index (Phi) is 10.7. The molecule has 3 heterocycles. The lowest BCUT2D eigenvalue weighted by molar-refractivity contribution is -0.156. The molecule has 2 aliphatic heterocycles. The van der Waals surface area contributed by atoms with E-state index in [2.05, 4.69) is 16.6 Å². The van der Waals surface area contributed by atoms with E-state index < -0.39 is 62.6 Å². The number of rotatable bonds is 7. The zero-order chi connectivity index (χ0) is 39.2. The van der Waals surface area contributed by atoms with Crippen LogP contribution in [0.15, 0.2) is 41.7 Å². The highest BCUT2D eigenvalue weighted by atomic mass is 32.2. The van der Waals surface area contributed by atoms with Crippen LogP contribution in [0.1, 0.15) is 103 Å². The minimum Gasteiger partial charge on any atom is -0.462 e. The summed E-state index contributed by atoms with van der Waals surface area (Å²) >= 11 is 0. The van der Waals surface area contributed by atoms with Crippen molar-refractivity contribution < 1.29 is 37.1 Å². The molecular weight excluding hydrogens is 739 g/mol. The van der Waals surface area contributed by atoms with Gasteiger partial charge in [-0.05, 0) is 88.2 Å². The molecule has 4 saturated carbocycles. The van der Waals surface area contributed by atoms with Crippen LogP contribution in [0.5, 0.6) is 6.01 Å². The minimum absolute atomic E-state index is 0.0166. The highest BCUT2D eigenvalue weighted by Gasteiger charge is 2.62. The number of hydrogen-bond acceptors (Lipinski definition) is 10. The molecule has 4 aliphatic carbocycles. The van der Waals surface area contributed by atoms with E-state index >= 15 is 0 Å². The Morgan fingerprint density at radius 3 is 2.39 bits per heavy atom. The summed E-state index contributed by atoms with van der Waals surface area (Å²) in [5.74, 6) is -3.30. The molecular formula is C41H53N5O9S. The molecule has 1 saturated heterocycles. The molecule has 8 rings (SSSR count). The average Bonchev–Trinajstić information content (AvgIpc) is 3.96. The second-order valence-electron chi connectivity index (χ2n) is 17.0. The lowest BCUT2D eigenvalue weighted by Crippen LogP contribution is -2.57. The second-order valence-corrected chi connectivity index (χ2v) is 18.9. The first kappa shape index (κ1) is 38.6. The largest absolute Gasteiger partial charge is 0.462 e. The normalized spacial score (nSPS) is 31.7. The molecule has 1 aromatic heterocycles. The van der Waals surface area contributed by atoms with E-state index in [0.717, 1.165) is 64.2 Å². The van der Waals surface area contributed by atoms with Gasteiger partial charge in [0, 0.05) is 18.9 Å². The lowest BCUT2D eigenvalue weighted by Gasteiger charge is -2.32. The van der Waals surface area contributed by atoms with Gasteiger partial charge in [0.1, 0.15) is 23.8 Å². The van der Waals surface area contributed by atoms with Crippen molar-refractivity contribution in [3.05, 3.63) is 47.3 Å². The van der Waals surface area contributed by atoms with Crippen LogP contribution in [0.2, 0.25) is 0 Å². The molecule has 6 aliphatic rings. The van der Waals surface area contributed by atoms with E-state index in [1.807, 2.05) is 0 Å². The van der Waals surface area contributed by atoms with Gasteiger partial charge in [0.2, 0.25) is 21.8 Å². The van der Waals surface area contributed by atoms with Gasteiger partial charge in [0.15, 0.2) is 0 Å². The molecule has 0 unspecified atom stereocenters. The number of sulfonamides is 1. The fraction of sp³-hybridized carbons (Fsp3) is 0.659. The molecule has 0 radical (unpaired) electrons. The molecule has 0 spiro atoms. The first-order valence-electron chi connectivity index (χ1n) is 20.6. The van der Waals surface area contributed by atoms with Gasteiger partial charge in [0.25, 0.3) is 17.5 Å². The van der Waals surface area contributed by atoms with Gasteiger partial charge in [0.05, 0.1) is 35.0 Å². The molecule has 2 aromatic rings. The summed E-state index contributed by atoms with van der Waals surface area (Å²) in [5, 5.41) is 2.67. The highest BCUT2D eigenvalue weighted by molar-refractivity contribution is 7.91. The Morgan fingerprint density at radius 2 is 1.64 bits per heavy atom. The molecule has 302 valence electrons.